The number of rotatable bonds is 6. The molecular formula is C53H33N5. The molecule has 0 aliphatic carbocycles. The van der Waals surface area contributed by atoms with Gasteiger partial charge in [-0.05, 0) is 99.1 Å². The maximum Gasteiger partial charge on any atom is 0.146 e. The van der Waals surface area contributed by atoms with Gasteiger partial charge in [0.05, 0.1) is 28.2 Å². The highest BCUT2D eigenvalue weighted by Crippen LogP contribution is 2.43. The highest BCUT2D eigenvalue weighted by molar-refractivity contribution is 6.10. The molecule has 5 nitrogen and oxygen atoms in total. The zero-order valence-electron chi connectivity index (χ0n) is 31.3. The van der Waals surface area contributed by atoms with E-state index in [0.29, 0.717) is 5.56 Å². The maximum atomic E-state index is 9.73. The van der Waals surface area contributed by atoms with Gasteiger partial charge in [0, 0.05) is 27.7 Å². The first-order valence-corrected chi connectivity index (χ1v) is 19.4. The van der Waals surface area contributed by atoms with Gasteiger partial charge in [0.1, 0.15) is 17.3 Å². The van der Waals surface area contributed by atoms with Gasteiger partial charge in [-0.15, -0.1) is 0 Å². The van der Waals surface area contributed by atoms with Crippen molar-refractivity contribution < 1.29 is 0 Å². The van der Waals surface area contributed by atoms with Crippen molar-refractivity contribution in [2.75, 3.05) is 0 Å². The summed E-state index contributed by atoms with van der Waals surface area (Å²) in [5.41, 5.74) is 13.3. The second-order valence-electron chi connectivity index (χ2n) is 14.5. The van der Waals surface area contributed by atoms with E-state index in [1.54, 1.807) is 0 Å². The lowest BCUT2D eigenvalue weighted by Crippen LogP contribution is -2.05. The van der Waals surface area contributed by atoms with Crippen LogP contribution in [0.4, 0.5) is 0 Å². The minimum atomic E-state index is 0.636. The molecule has 0 amide bonds. The Bertz CT molecular complexity index is 3200. The number of para-hydroxylation sites is 3. The summed E-state index contributed by atoms with van der Waals surface area (Å²) in [5, 5.41) is 14.3. The fourth-order valence-electron chi connectivity index (χ4n) is 8.73. The molecule has 0 aliphatic heterocycles. The predicted molar refractivity (Wildman–Crippen MR) is 237 cm³/mol. The van der Waals surface area contributed by atoms with Crippen LogP contribution in [0.5, 0.6) is 0 Å². The maximum absolute atomic E-state index is 9.73. The smallest absolute Gasteiger partial charge is 0.146 e. The summed E-state index contributed by atoms with van der Waals surface area (Å²) in [6.45, 7) is 0. The Morgan fingerprint density at radius 1 is 0.379 bits per heavy atom. The topological polar surface area (TPSA) is 59.4 Å². The molecule has 0 fully saturated rings. The van der Waals surface area contributed by atoms with E-state index in [4.69, 9.17) is 9.97 Å². The molecule has 5 heteroatoms. The summed E-state index contributed by atoms with van der Waals surface area (Å²) in [4.78, 5) is 10.5. The zero-order chi connectivity index (χ0) is 38.6. The van der Waals surface area contributed by atoms with E-state index in [9.17, 15) is 5.26 Å². The average molecular weight is 740 g/mol. The Labute approximate surface area is 335 Å². The largest absolute Gasteiger partial charge is 0.294 e. The summed E-state index contributed by atoms with van der Waals surface area (Å²) >= 11 is 0. The summed E-state index contributed by atoms with van der Waals surface area (Å²) < 4.78 is 4.49. The SMILES string of the molecule is N#Cc1cccc(-c2ccccc2-c2ccccc2-c2ccccc2-c2cc(-n3c4ccccc4c4ccccc43)nc(-n3c4ccccc4c4cccnc43)c2)c1. The lowest BCUT2D eigenvalue weighted by Gasteiger charge is -2.19. The molecule has 58 heavy (non-hydrogen) atoms. The van der Waals surface area contributed by atoms with E-state index in [1.165, 1.54) is 10.8 Å². The van der Waals surface area contributed by atoms with E-state index in [1.807, 2.05) is 30.5 Å². The van der Waals surface area contributed by atoms with Gasteiger partial charge in [-0.2, -0.15) is 5.26 Å². The monoisotopic (exact) mass is 739 g/mol. The molecule has 0 N–H and O–H groups in total. The molecule has 4 heterocycles. The van der Waals surface area contributed by atoms with Crippen LogP contribution in [0.15, 0.2) is 200 Å². The van der Waals surface area contributed by atoms with Crippen LogP contribution < -0.4 is 0 Å². The molecule has 11 rings (SSSR count). The Morgan fingerprint density at radius 3 is 1.41 bits per heavy atom. The number of hydrogen-bond acceptors (Lipinski definition) is 3. The molecule has 270 valence electrons. The van der Waals surface area contributed by atoms with E-state index < -0.39 is 0 Å². The van der Waals surface area contributed by atoms with Gasteiger partial charge in [-0.3, -0.25) is 9.13 Å². The van der Waals surface area contributed by atoms with Crippen LogP contribution in [0.25, 0.3) is 99.9 Å². The average Bonchev–Trinajstić information content (AvgIpc) is 3.82. The number of hydrogen-bond donors (Lipinski definition) is 0. The van der Waals surface area contributed by atoms with Crippen molar-refractivity contribution in [2.24, 2.45) is 0 Å². The van der Waals surface area contributed by atoms with E-state index in [0.717, 1.165) is 89.1 Å². The van der Waals surface area contributed by atoms with Gasteiger partial charge in [-0.25, -0.2) is 9.97 Å². The summed E-state index contributed by atoms with van der Waals surface area (Å²) in [5.74, 6) is 1.60. The van der Waals surface area contributed by atoms with Gasteiger partial charge in [0.25, 0.3) is 0 Å². The Morgan fingerprint density at radius 2 is 0.828 bits per heavy atom. The number of pyridine rings is 2. The summed E-state index contributed by atoms with van der Waals surface area (Å²) in [7, 11) is 0. The van der Waals surface area contributed by atoms with Gasteiger partial charge < -0.3 is 0 Å². The first-order chi connectivity index (χ1) is 28.7. The number of nitrogens with zero attached hydrogens (tertiary/aromatic N) is 5. The third kappa shape index (κ3) is 5.31. The number of aromatic nitrogens is 4. The lowest BCUT2D eigenvalue weighted by molar-refractivity contribution is 1.00. The third-order valence-electron chi connectivity index (χ3n) is 11.2. The second kappa shape index (κ2) is 13.6. The van der Waals surface area contributed by atoms with Gasteiger partial charge in [0.15, 0.2) is 0 Å². The third-order valence-corrected chi connectivity index (χ3v) is 11.2. The molecule has 0 unspecified atom stereocenters. The van der Waals surface area contributed by atoms with Crippen molar-refractivity contribution in [1.29, 1.82) is 5.26 Å². The molecule has 4 aromatic heterocycles. The highest BCUT2D eigenvalue weighted by Gasteiger charge is 2.21. The Kier molecular flexibility index (Phi) is 7.80. The predicted octanol–water partition coefficient (Wildman–Crippen LogP) is 13.2. The van der Waals surface area contributed by atoms with Crippen molar-refractivity contribution in [1.82, 2.24) is 19.1 Å². The standard InChI is InChI=1S/C53H33N5/c54-34-35-15-13-16-36(31-35)38-17-1-3-19-40(38)42-21-5-6-22-43(42)41-20-4-2-18-39(41)37-32-51(57-48-27-10-7-23-44(48)45-24-8-11-28-49(45)57)56-52(33-37)58-50-29-12-9-25-46(50)47-26-14-30-55-53(47)58/h1-33H. The Balaban J connectivity index is 1.19. The number of fused-ring (bicyclic) bond motifs is 6. The fraction of sp³-hybridized carbons (Fsp3) is 0. The van der Waals surface area contributed by atoms with Crippen molar-refractivity contribution >= 4 is 43.7 Å². The van der Waals surface area contributed by atoms with Gasteiger partial charge >= 0.3 is 0 Å². The van der Waals surface area contributed by atoms with Crippen LogP contribution in [0, 0.1) is 11.3 Å². The minimum Gasteiger partial charge on any atom is -0.294 e. The molecule has 0 saturated heterocycles. The van der Waals surface area contributed by atoms with Crippen molar-refractivity contribution in [3.8, 4) is 62.2 Å². The van der Waals surface area contributed by atoms with E-state index in [-0.39, 0.29) is 0 Å². The van der Waals surface area contributed by atoms with Crippen LogP contribution >= 0.6 is 0 Å². The quantitative estimate of drug-likeness (QED) is 0.171. The fourth-order valence-corrected chi connectivity index (χ4v) is 8.73. The first-order valence-electron chi connectivity index (χ1n) is 19.4. The zero-order valence-corrected chi connectivity index (χ0v) is 31.3. The molecule has 0 bridgehead atoms. The lowest BCUT2D eigenvalue weighted by atomic mass is 9.86. The van der Waals surface area contributed by atoms with Crippen molar-refractivity contribution in [3.63, 3.8) is 0 Å². The molecule has 7 aromatic carbocycles. The Hall–Kier alpha value is -8.07. The van der Waals surface area contributed by atoms with Crippen LogP contribution in [0.2, 0.25) is 0 Å². The molecule has 0 spiro atoms. The molecule has 0 aliphatic rings. The molecule has 0 saturated carbocycles. The normalized spacial score (nSPS) is 11.4. The number of benzene rings is 7. The van der Waals surface area contributed by atoms with Crippen LogP contribution in [0.1, 0.15) is 5.56 Å². The molecular weight excluding hydrogens is 707 g/mol. The highest BCUT2D eigenvalue weighted by atomic mass is 15.2. The minimum absolute atomic E-state index is 0.636. The molecule has 11 aromatic rings. The van der Waals surface area contributed by atoms with Crippen molar-refractivity contribution in [2.45, 2.75) is 0 Å². The molecule has 0 atom stereocenters. The number of nitriles is 1. The second-order valence-corrected chi connectivity index (χ2v) is 14.5. The van der Waals surface area contributed by atoms with Crippen LogP contribution in [-0.2, 0) is 0 Å². The van der Waals surface area contributed by atoms with E-state index in [2.05, 4.69) is 185 Å². The summed E-state index contributed by atoms with van der Waals surface area (Å²) in [6, 6.07) is 70.1. The first kappa shape index (κ1) is 33.3. The van der Waals surface area contributed by atoms with Crippen molar-refractivity contribution in [3.05, 3.63) is 206 Å². The van der Waals surface area contributed by atoms with Gasteiger partial charge in [-0.1, -0.05) is 140 Å². The van der Waals surface area contributed by atoms with Crippen LogP contribution in [-0.4, -0.2) is 19.1 Å². The van der Waals surface area contributed by atoms with E-state index >= 15 is 0 Å². The van der Waals surface area contributed by atoms with Crippen LogP contribution in [0.3, 0.4) is 0 Å². The van der Waals surface area contributed by atoms with Gasteiger partial charge in [0.2, 0.25) is 0 Å². The summed E-state index contributed by atoms with van der Waals surface area (Å²) in [6.07, 6.45) is 1.86. The molecule has 0 radical (unpaired) electrons.